The van der Waals surface area contributed by atoms with Crippen LogP contribution >= 0.6 is 0 Å². The first-order valence-electron chi connectivity index (χ1n) is 4.39. The van der Waals surface area contributed by atoms with Crippen molar-refractivity contribution in [3.8, 4) is 6.07 Å². The second kappa shape index (κ2) is 11.0. The van der Waals surface area contributed by atoms with Gasteiger partial charge in [0.25, 0.3) is 0 Å². The van der Waals surface area contributed by atoms with E-state index in [2.05, 4.69) is 22.6 Å². The molecule has 0 aromatic carbocycles. The average Bonchev–Trinajstić information content (AvgIpc) is 2.28. The van der Waals surface area contributed by atoms with Gasteiger partial charge < -0.3 is 9.47 Å². The molecular weight excluding hydrogens is 210 g/mol. The number of hydrogen-bond acceptors (Lipinski definition) is 5. The number of hydrogen-bond donors (Lipinski definition) is 0. The van der Waals surface area contributed by atoms with Gasteiger partial charge in [-0.15, -0.1) is 0 Å². The number of esters is 2. The van der Waals surface area contributed by atoms with Crippen molar-refractivity contribution in [3.05, 3.63) is 24.8 Å². The second-order valence-electron chi connectivity index (χ2n) is 2.55. The van der Waals surface area contributed by atoms with Crippen LogP contribution in [0.25, 0.3) is 0 Å². The van der Waals surface area contributed by atoms with Crippen molar-refractivity contribution in [3.63, 3.8) is 0 Å². The summed E-state index contributed by atoms with van der Waals surface area (Å²) >= 11 is 0. The van der Waals surface area contributed by atoms with Crippen molar-refractivity contribution in [2.24, 2.45) is 0 Å². The van der Waals surface area contributed by atoms with Gasteiger partial charge in [-0.1, -0.05) is 13.2 Å². The van der Waals surface area contributed by atoms with Crippen LogP contribution in [-0.2, 0) is 19.1 Å². The van der Waals surface area contributed by atoms with Crippen LogP contribution in [0.5, 0.6) is 0 Å². The third-order valence-corrected chi connectivity index (χ3v) is 1.16. The highest BCUT2D eigenvalue weighted by atomic mass is 16.5. The summed E-state index contributed by atoms with van der Waals surface area (Å²) < 4.78 is 8.73. The molecule has 0 atom stereocenters. The van der Waals surface area contributed by atoms with Gasteiger partial charge in [0.1, 0.15) is 6.61 Å². The molecule has 88 valence electrons. The molecule has 5 nitrogen and oxygen atoms in total. The summed E-state index contributed by atoms with van der Waals surface area (Å²) in [6.45, 7) is 8.29. The Morgan fingerprint density at radius 2 is 2.06 bits per heavy atom. The number of nitrogens with zero attached hydrogens (tertiary/aromatic N) is 1. The van der Waals surface area contributed by atoms with E-state index in [1.807, 2.05) is 6.07 Å². The van der Waals surface area contributed by atoms with Gasteiger partial charge in [0, 0.05) is 11.6 Å². The van der Waals surface area contributed by atoms with Gasteiger partial charge in [-0.2, -0.15) is 5.26 Å². The highest BCUT2D eigenvalue weighted by molar-refractivity contribution is 5.86. The normalized spacial score (nSPS) is 7.56. The molecule has 0 aliphatic rings. The van der Waals surface area contributed by atoms with E-state index >= 15 is 0 Å². The SMILES string of the molecule is C=C(C)C(=O)OC.C=CC(=O)OCCC#N. The predicted octanol–water partition coefficient (Wildman–Crippen LogP) is 1.36. The van der Waals surface area contributed by atoms with Crippen LogP contribution in [0.2, 0.25) is 0 Å². The van der Waals surface area contributed by atoms with Gasteiger partial charge in [0.05, 0.1) is 19.6 Å². The lowest BCUT2D eigenvalue weighted by Crippen LogP contribution is -2.00. The number of carbonyl (C=O) groups is 2. The summed E-state index contributed by atoms with van der Waals surface area (Å²) in [5.74, 6) is -0.828. The van der Waals surface area contributed by atoms with Gasteiger partial charge in [-0.3, -0.25) is 0 Å². The number of rotatable bonds is 4. The molecule has 0 radical (unpaired) electrons. The third-order valence-electron chi connectivity index (χ3n) is 1.16. The van der Waals surface area contributed by atoms with Gasteiger partial charge in [-0.25, -0.2) is 9.59 Å². The van der Waals surface area contributed by atoms with Crippen molar-refractivity contribution in [1.82, 2.24) is 0 Å². The molecule has 0 aromatic heterocycles. The quantitative estimate of drug-likeness (QED) is 0.410. The average molecular weight is 225 g/mol. The minimum atomic E-state index is -0.481. The molecule has 0 unspecified atom stereocenters. The maximum atomic E-state index is 10.2. The standard InChI is InChI=1S/C6H7NO2.C5H8O2/c1-2-6(8)9-5-3-4-7;1-4(2)5(6)7-3/h2H,1,3,5H2;1H2,2-3H3. The second-order valence-corrected chi connectivity index (χ2v) is 2.55. The summed E-state index contributed by atoms with van der Waals surface area (Å²) in [5, 5.41) is 7.98. The maximum absolute atomic E-state index is 10.2. The monoisotopic (exact) mass is 225 g/mol. The van der Waals surface area contributed by atoms with E-state index in [-0.39, 0.29) is 19.0 Å². The van der Waals surface area contributed by atoms with E-state index in [4.69, 9.17) is 5.26 Å². The van der Waals surface area contributed by atoms with Gasteiger partial charge in [0.15, 0.2) is 0 Å². The van der Waals surface area contributed by atoms with Crippen LogP contribution in [0.4, 0.5) is 0 Å². The first-order chi connectivity index (χ1) is 7.49. The van der Waals surface area contributed by atoms with E-state index in [0.29, 0.717) is 5.57 Å². The van der Waals surface area contributed by atoms with Crippen LogP contribution in [0.3, 0.4) is 0 Å². The fourth-order valence-corrected chi connectivity index (χ4v) is 0.430. The summed E-state index contributed by atoms with van der Waals surface area (Å²) in [6.07, 6.45) is 1.30. The Hall–Kier alpha value is -2.09. The van der Waals surface area contributed by atoms with E-state index in [9.17, 15) is 9.59 Å². The van der Waals surface area contributed by atoms with Crippen molar-refractivity contribution in [2.45, 2.75) is 13.3 Å². The molecule has 0 aromatic rings. The van der Waals surface area contributed by atoms with Gasteiger partial charge in [-0.05, 0) is 6.92 Å². The van der Waals surface area contributed by atoms with E-state index in [1.54, 1.807) is 6.92 Å². The topological polar surface area (TPSA) is 76.4 Å². The Morgan fingerprint density at radius 1 is 1.50 bits per heavy atom. The Labute approximate surface area is 95.0 Å². The Kier molecular flexibility index (Phi) is 11.2. The number of carbonyl (C=O) groups excluding carboxylic acids is 2. The maximum Gasteiger partial charge on any atom is 0.332 e. The molecule has 0 amide bonds. The lowest BCUT2D eigenvalue weighted by molar-refractivity contribution is -0.137. The third kappa shape index (κ3) is 11.9. The van der Waals surface area contributed by atoms with E-state index < -0.39 is 5.97 Å². The predicted molar refractivity (Wildman–Crippen MR) is 58.2 cm³/mol. The molecule has 16 heavy (non-hydrogen) atoms. The minimum Gasteiger partial charge on any atom is -0.466 e. The van der Waals surface area contributed by atoms with Crippen molar-refractivity contribution in [1.29, 1.82) is 5.26 Å². The lowest BCUT2D eigenvalue weighted by atomic mass is 10.4. The zero-order chi connectivity index (χ0) is 13.0. The molecule has 0 saturated heterocycles. The molecule has 0 heterocycles. The van der Waals surface area contributed by atoms with Crippen LogP contribution in [0.15, 0.2) is 24.8 Å². The summed E-state index contributed by atoms with van der Waals surface area (Å²) in [7, 11) is 1.33. The Balaban J connectivity index is 0. The highest BCUT2D eigenvalue weighted by Gasteiger charge is 1.95. The Bertz CT molecular complexity index is 302. The smallest absolute Gasteiger partial charge is 0.332 e. The van der Waals surface area contributed by atoms with E-state index in [0.717, 1.165) is 6.08 Å². The van der Waals surface area contributed by atoms with Gasteiger partial charge in [0.2, 0.25) is 0 Å². The molecule has 0 rings (SSSR count). The molecule has 0 spiro atoms. The van der Waals surface area contributed by atoms with Crippen LogP contribution < -0.4 is 0 Å². The summed E-state index contributed by atoms with van der Waals surface area (Å²) in [4.78, 5) is 20.4. The zero-order valence-electron chi connectivity index (χ0n) is 9.49. The first-order valence-corrected chi connectivity index (χ1v) is 4.39. The fourth-order valence-electron chi connectivity index (χ4n) is 0.430. The number of nitriles is 1. The molecule has 0 fully saturated rings. The molecule has 0 saturated carbocycles. The summed E-state index contributed by atoms with van der Waals surface area (Å²) in [6, 6.07) is 1.84. The largest absolute Gasteiger partial charge is 0.466 e. The first kappa shape index (κ1) is 16.3. The van der Waals surface area contributed by atoms with Crippen LogP contribution in [0.1, 0.15) is 13.3 Å². The Morgan fingerprint density at radius 3 is 2.31 bits per heavy atom. The van der Waals surface area contributed by atoms with Gasteiger partial charge >= 0.3 is 11.9 Å². The van der Waals surface area contributed by atoms with Crippen LogP contribution in [0, 0.1) is 11.3 Å². The van der Waals surface area contributed by atoms with Crippen LogP contribution in [-0.4, -0.2) is 25.7 Å². The molecular formula is C11H15NO4. The number of ether oxygens (including phenoxy) is 2. The molecule has 0 bridgehead atoms. The fraction of sp³-hybridized carbons (Fsp3) is 0.364. The lowest BCUT2D eigenvalue weighted by Gasteiger charge is -1.93. The summed E-state index contributed by atoms with van der Waals surface area (Å²) in [5.41, 5.74) is 0.433. The van der Waals surface area contributed by atoms with Crippen molar-refractivity contribution < 1.29 is 19.1 Å². The minimum absolute atomic E-state index is 0.154. The molecule has 5 heteroatoms. The van der Waals surface area contributed by atoms with E-state index in [1.165, 1.54) is 7.11 Å². The molecule has 0 aliphatic heterocycles. The number of methoxy groups -OCH3 is 1. The molecule has 0 aliphatic carbocycles. The zero-order valence-corrected chi connectivity index (χ0v) is 9.49. The van der Waals surface area contributed by atoms with Crippen molar-refractivity contribution in [2.75, 3.05) is 13.7 Å². The van der Waals surface area contributed by atoms with Crippen molar-refractivity contribution >= 4 is 11.9 Å². The highest BCUT2D eigenvalue weighted by Crippen LogP contribution is 1.87. The molecule has 0 N–H and O–H groups in total.